The van der Waals surface area contributed by atoms with Crippen LogP contribution in [0.4, 0.5) is 21.0 Å². The first-order valence-corrected chi connectivity index (χ1v) is 15.9. The van der Waals surface area contributed by atoms with Crippen molar-refractivity contribution in [2.24, 2.45) is 0 Å². The summed E-state index contributed by atoms with van der Waals surface area (Å²) in [5.74, 6) is 0.209. The zero-order valence-corrected chi connectivity index (χ0v) is 26.5. The topological polar surface area (TPSA) is 163 Å². The lowest BCUT2D eigenvalue weighted by Crippen LogP contribution is -2.28. The fraction of sp³-hybridized carbons (Fsp3) is 0.297. The van der Waals surface area contributed by atoms with E-state index in [1.54, 1.807) is 24.3 Å². The number of aryl methyl sites for hydroxylation is 4. The van der Waals surface area contributed by atoms with Crippen LogP contribution in [0.3, 0.4) is 0 Å². The summed E-state index contributed by atoms with van der Waals surface area (Å²) in [5.41, 5.74) is 5.80. The Morgan fingerprint density at radius 1 is 0.511 bits per heavy atom. The molecule has 0 aliphatic rings. The highest BCUT2D eigenvalue weighted by atomic mass is 16.3. The van der Waals surface area contributed by atoms with Gasteiger partial charge in [-0.25, -0.2) is 9.59 Å². The highest BCUT2D eigenvalue weighted by Gasteiger charge is 2.15. The minimum Gasteiger partial charge on any atom is -0.507 e. The molecule has 248 valence electrons. The molecule has 10 heteroatoms. The van der Waals surface area contributed by atoms with Gasteiger partial charge in [-0.1, -0.05) is 60.7 Å². The maximum atomic E-state index is 12.5. The lowest BCUT2D eigenvalue weighted by Gasteiger charge is -2.16. The number of rotatable bonds is 16. The van der Waals surface area contributed by atoms with E-state index in [1.807, 2.05) is 60.7 Å². The van der Waals surface area contributed by atoms with Gasteiger partial charge in [0.05, 0.1) is 0 Å². The maximum Gasteiger partial charge on any atom is 0.319 e. The molecule has 0 saturated carbocycles. The van der Waals surface area contributed by atoms with Crippen molar-refractivity contribution >= 4 is 23.4 Å². The number of hydrogen-bond acceptors (Lipinski definition) is 6. The van der Waals surface area contributed by atoms with Gasteiger partial charge < -0.3 is 41.7 Å². The highest BCUT2D eigenvalue weighted by Crippen LogP contribution is 2.30. The van der Waals surface area contributed by atoms with Gasteiger partial charge in [-0.15, -0.1) is 0 Å². The Bertz CT molecular complexity index is 1480. The number of para-hydroxylation sites is 2. The molecular formula is C37H44N4O6. The average molecular weight is 641 g/mol. The second-order valence-electron chi connectivity index (χ2n) is 11.4. The summed E-state index contributed by atoms with van der Waals surface area (Å²) < 4.78 is 0. The van der Waals surface area contributed by atoms with E-state index in [2.05, 4.69) is 21.3 Å². The van der Waals surface area contributed by atoms with Gasteiger partial charge in [-0.3, -0.25) is 0 Å². The molecule has 0 unspecified atom stereocenters. The number of phenols is 2. The summed E-state index contributed by atoms with van der Waals surface area (Å²) >= 11 is 0. The smallest absolute Gasteiger partial charge is 0.319 e. The van der Waals surface area contributed by atoms with Crippen LogP contribution in [-0.4, -0.2) is 45.7 Å². The molecule has 4 aromatic rings. The lowest BCUT2D eigenvalue weighted by atomic mass is 9.94. The van der Waals surface area contributed by atoms with Crippen LogP contribution >= 0.6 is 0 Å². The second kappa shape index (κ2) is 18.2. The number of carbonyl (C=O) groups excluding carboxylic acids is 2. The van der Waals surface area contributed by atoms with Gasteiger partial charge in [0.15, 0.2) is 0 Å². The Kier molecular flexibility index (Phi) is 13.5. The van der Waals surface area contributed by atoms with Crippen molar-refractivity contribution in [3.8, 4) is 11.5 Å². The zero-order valence-electron chi connectivity index (χ0n) is 26.5. The van der Waals surface area contributed by atoms with Gasteiger partial charge in [-0.05, 0) is 91.5 Å². The van der Waals surface area contributed by atoms with Crippen molar-refractivity contribution in [2.75, 3.05) is 23.8 Å². The summed E-state index contributed by atoms with van der Waals surface area (Å²) in [5, 5.41) is 52.3. The summed E-state index contributed by atoms with van der Waals surface area (Å²) in [4.78, 5) is 25.0. The fourth-order valence-electron chi connectivity index (χ4n) is 5.38. The molecule has 0 aliphatic carbocycles. The van der Waals surface area contributed by atoms with E-state index in [1.165, 1.54) is 0 Å². The van der Waals surface area contributed by atoms with E-state index in [0.717, 1.165) is 22.3 Å². The number of nitrogens with one attached hydrogen (secondary N) is 4. The Morgan fingerprint density at radius 2 is 0.894 bits per heavy atom. The lowest BCUT2D eigenvalue weighted by molar-refractivity contribution is 0.251. The molecule has 4 rings (SSSR count). The van der Waals surface area contributed by atoms with Crippen LogP contribution in [0.1, 0.15) is 52.6 Å². The fourth-order valence-corrected chi connectivity index (χ4v) is 5.38. The number of amides is 4. The van der Waals surface area contributed by atoms with E-state index in [0.29, 0.717) is 67.4 Å². The summed E-state index contributed by atoms with van der Waals surface area (Å²) in [7, 11) is 0. The van der Waals surface area contributed by atoms with Gasteiger partial charge in [-0.2, -0.15) is 0 Å². The SMILES string of the molecule is O=C(NCc1cc(CCCO)cc(CCCc2cc(CCCO)cc(CNC(=O)Nc3ccccc3)c2O)c1O)Nc1ccccc1. The molecule has 0 saturated heterocycles. The highest BCUT2D eigenvalue weighted by molar-refractivity contribution is 5.89. The van der Waals surface area contributed by atoms with Crippen LogP contribution in [0.5, 0.6) is 11.5 Å². The normalized spacial score (nSPS) is 10.8. The minimum atomic E-state index is -0.391. The number of phenolic OH excluding ortho intramolecular Hbond substituents is 2. The van der Waals surface area contributed by atoms with Crippen LogP contribution in [0, 0.1) is 0 Å². The van der Waals surface area contributed by atoms with Crippen LogP contribution in [0.2, 0.25) is 0 Å². The van der Waals surface area contributed by atoms with E-state index < -0.39 is 12.1 Å². The third-order valence-corrected chi connectivity index (χ3v) is 7.74. The predicted molar refractivity (Wildman–Crippen MR) is 184 cm³/mol. The first kappa shape index (κ1) is 34.8. The summed E-state index contributed by atoms with van der Waals surface area (Å²) in [6.07, 6.45) is 4.01. The van der Waals surface area contributed by atoms with Crippen LogP contribution in [0.15, 0.2) is 84.9 Å². The number of aliphatic hydroxyl groups excluding tert-OH is 2. The van der Waals surface area contributed by atoms with Gasteiger partial charge in [0, 0.05) is 48.8 Å². The number of aromatic hydroxyl groups is 2. The number of urea groups is 2. The molecule has 0 atom stereocenters. The van der Waals surface area contributed by atoms with Crippen molar-refractivity contribution < 1.29 is 30.0 Å². The molecule has 4 aromatic carbocycles. The predicted octanol–water partition coefficient (Wildman–Crippen LogP) is 5.77. The molecular weight excluding hydrogens is 596 g/mol. The molecule has 4 amide bonds. The van der Waals surface area contributed by atoms with Crippen LogP contribution < -0.4 is 21.3 Å². The maximum absolute atomic E-state index is 12.5. The van der Waals surface area contributed by atoms with E-state index in [4.69, 9.17) is 0 Å². The number of benzene rings is 4. The second-order valence-corrected chi connectivity index (χ2v) is 11.4. The molecule has 0 radical (unpaired) electrons. The van der Waals surface area contributed by atoms with E-state index in [-0.39, 0.29) is 37.8 Å². The van der Waals surface area contributed by atoms with E-state index in [9.17, 15) is 30.0 Å². The van der Waals surface area contributed by atoms with Crippen molar-refractivity contribution in [3.63, 3.8) is 0 Å². The van der Waals surface area contributed by atoms with E-state index >= 15 is 0 Å². The molecule has 47 heavy (non-hydrogen) atoms. The number of hydrogen-bond donors (Lipinski definition) is 8. The Hall–Kier alpha value is -5.06. The number of aliphatic hydroxyl groups is 2. The number of carbonyl (C=O) groups is 2. The van der Waals surface area contributed by atoms with Crippen LogP contribution in [-0.2, 0) is 38.8 Å². The molecule has 0 aliphatic heterocycles. The quantitative estimate of drug-likeness (QED) is 0.0776. The Morgan fingerprint density at radius 3 is 1.28 bits per heavy atom. The van der Waals surface area contributed by atoms with Crippen molar-refractivity contribution in [2.45, 2.75) is 58.0 Å². The first-order chi connectivity index (χ1) is 22.9. The third kappa shape index (κ3) is 11.1. The molecule has 0 heterocycles. The minimum absolute atomic E-state index is 0.0419. The third-order valence-electron chi connectivity index (χ3n) is 7.74. The zero-order chi connectivity index (χ0) is 33.4. The Labute approximate surface area is 275 Å². The first-order valence-electron chi connectivity index (χ1n) is 15.9. The summed E-state index contributed by atoms with van der Waals surface area (Å²) in [6.45, 7) is 0.319. The molecule has 0 fully saturated rings. The van der Waals surface area contributed by atoms with Gasteiger partial charge >= 0.3 is 12.1 Å². The van der Waals surface area contributed by atoms with Crippen LogP contribution in [0.25, 0.3) is 0 Å². The summed E-state index contributed by atoms with van der Waals surface area (Å²) in [6, 6.07) is 24.9. The monoisotopic (exact) mass is 640 g/mol. The standard InChI is InChI=1S/C37H44N4O6/c42-18-8-10-26-20-28(34(44)30(22-26)24-38-36(46)40-32-14-3-1-4-15-32)12-7-13-29-21-27(11-9-19-43)23-31(35(29)45)25-39-37(47)41-33-16-5-2-6-17-33/h1-6,14-17,20-23,42-45H,7-13,18-19,24-25H2,(H2,38,40,46)(H2,39,41,47). The largest absolute Gasteiger partial charge is 0.507 e. The van der Waals surface area contributed by atoms with Crippen molar-refractivity contribution in [3.05, 3.63) is 118 Å². The molecule has 0 aromatic heterocycles. The Balaban J connectivity index is 1.44. The molecule has 10 nitrogen and oxygen atoms in total. The molecule has 0 spiro atoms. The molecule has 8 N–H and O–H groups in total. The molecule has 0 bridgehead atoms. The van der Waals surface area contributed by atoms with Gasteiger partial charge in [0.1, 0.15) is 11.5 Å². The van der Waals surface area contributed by atoms with Gasteiger partial charge in [0.25, 0.3) is 0 Å². The average Bonchev–Trinajstić information content (AvgIpc) is 3.08. The van der Waals surface area contributed by atoms with Crippen molar-refractivity contribution in [1.29, 1.82) is 0 Å². The number of anilines is 2. The van der Waals surface area contributed by atoms with Gasteiger partial charge in [0.2, 0.25) is 0 Å². The van der Waals surface area contributed by atoms with Crippen molar-refractivity contribution in [1.82, 2.24) is 10.6 Å².